The number of methoxy groups -OCH3 is 1. The fourth-order valence-electron chi connectivity index (χ4n) is 2.37. The molecule has 1 aliphatic heterocycles. The Labute approximate surface area is 138 Å². The second kappa shape index (κ2) is 6.62. The number of benzene rings is 1. The van der Waals surface area contributed by atoms with Crippen LogP contribution in [-0.4, -0.2) is 44.0 Å². The van der Waals surface area contributed by atoms with Gasteiger partial charge in [-0.15, -0.1) is 0 Å². The minimum Gasteiger partial charge on any atom is -0.495 e. The molecular weight excluding hydrogens is 353 g/mol. The summed E-state index contributed by atoms with van der Waals surface area (Å²) in [5.74, 6) is -1.44. The zero-order chi connectivity index (χ0) is 16.5. The van der Waals surface area contributed by atoms with Crippen LogP contribution in [0.1, 0.15) is 12.8 Å². The van der Waals surface area contributed by atoms with Crippen LogP contribution in [0.4, 0.5) is 0 Å². The number of hydrogen-bond donors (Lipinski definition) is 1. The second-order valence-corrected chi connectivity index (χ2v) is 7.68. The molecule has 1 unspecified atom stereocenters. The molecule has 0 spiro atoms. The standard InChI is InChI=1S/C13H15Cl2NO5S/c1-21-11-5-10(15)12(6-9(11)14)22(19,20)16-4-2-3-8(7-16)13(17)18/h5-6,8H,2-4,7H2,1H3,(H,17,18). The number of carboxylic acids is 1. The van der Waals surface area contributed by atoms with E-state index >= 15 is 0 Å². The number of sulfonamides is 1. The lowest BCUT2D eigenvalue weighted by Crippen LogP contribution is -2.42. The molecule has 1 atom stereocenters. The third-order valence-corrected chi connectivity index (χ3v) is 6.18. The summed E-state index contributed by atoms with van der Waals surface area (Å²) >= 11 is 12.0. The number of carboxylic acid groups (broad SMARTS) is 1. The number of aliphatic carboxylic acids is 1. The molecule has 0 radical (unpaired) electrons. The Hall–Kier alpha value is -1.02. The Morgan fingerprint density at radius 1 is 1.36 bits per heavy atom. The van der Waals surface area contributed by atoms with Crippen molar-refractivity contribution >= 4 is 39.2 Å². The molecule has 0 amide bonds. The van der Waals surface area contributed by atoms with Gasteiger partial charge >= 0.3 is 5.97 Å². The Morgan fingerprint density at radius 2 is 2.05 bits per heavy atom. The molecule has 1 fully saturated rings. The van der Waals surface area contributed by atoms with Crippen LogP contribution in [0, 0.1) is 5.92 Å². The largest absolute Gasteiger partial charge is 0.495 e. The minimum atomic E-state index is -3.91. The lowest BCUT2D eigenvalue weighted by atomic mass is 10.0. The van der Waals surface area contributed by atoms with Crippen molar-refractivity contribution in [3.63, 3.8) is 0 Å². The van der Waals surface area contributed by atoms with Crippen molar-refractivity contribution < 1.29 is 23.1 Å². The average molecular weight is 368 g/mol. The Balaban J connectivity index is 2.38. The van der Waals surface area contributed by atoms with Crippen molar-refractivity contribution in [1.29, 1.82) is 0 Å². The van der Waals surface area contributed by atoms with Crippen LogP contribution in [0.2, 0.25) is 10.0 Å². The molecule has 0 saturated carbocycles. The number of piperidine rings is 1. The highest BCUT2D eigenvalue weighted by Crippen LogP contribution is 2.35. The van der Waals surface area contributed by atoms with E-state index in [-0.39, 0.29) is 33.8 Å². The second-order valence-electron chi connectivity index (χ2n) is 4.96. The van der Waals surface area contributed by atoms with Crippen LogP contribution in [0.25, 0.3) is 0 Å². The molecule has 0 aromatic heterocycles. The molecule has 0 bridgehead atoms. The molecule has 2 rings (SSSR count). The summed E-state index contributed by atoms with van der Waals surface area (Å²) in [6.07, 6.45) is 0.941. The van der Waals surface area contributed by atoms with Gasteiger partial charge in [-0.25, -0.2) is 8.42 Å². The van der Waals surface area contributed by atoms with Crippen molar-refractivity contribution in [3.8, 4) is 5.75 Å². The number of nitrogens with zero attached hydrogens (tertiary/aromatic N) is 1. The van der Waals surface area contributed by atoms with Gasteiger partial charge in [-0.1, -0.05) is 23.2 Å². The summed E-state index contributed by atoms with van der Waals surface area (Å²) < 4.78 is 31.5. The van der Waals surface area contributed by atoms with Crippen molar-refractivity contribution in [2.45, 2.75) is 17.7 Å². The number of rotatable bonds is 4. The van der Waals surface area contributed by atoms with Crippen molar-refractivity contribution in [2.75, 3.05) is 20.2 Å². The van der Waals surface area contributed by atoms with E-state index in [2.05, 4.69) is 0 Å². The monoisotopic (exact) mass is 367 g/mol. The van der Waals surface area contributed by atoms with E-state index in [0.717, 1.165) is 4.31 Å². The maximum absolute atomic E-state index is 12.7. The normalized spacial score (nSPS) is 19.9. The summed E-state index contributed by atoms with van der Waals surface area (Å²) in [5, 5.41) is 9.18. The van der Waals surface area contributed by atoms with Crippen molar-refractivity contribution in [3.05, 3.63) is 22.2 Å². The van der Waals surface area contributed by atoms with E-state index in [1.807, 2.05) is 0 Å². The van der Waals surface area contributed by atoms with Crippen LogP contribution >= 0.6 is 23.2 Å². The Kier molecular flexibility index (Phi) is 5.21. The summed E-state index contributed by atoms with van der Waals surface area (Å²) in [5.41, 5.74) is 0. The van der Waals surface area contributed by atoms with E-state index in [9.17, 15) is 13.2 Å². The fraction of sp³-hybridized carbons (Fsp3) is 0.462. The molecule has 9 heteroatoms. The van der Waals surface area contributed by atoms with Gasteiger partial charge in [-0.3, -0.25) is 4.79 Å². The highest BCUT2D eigenvalue weighted by atomic mass is 35.5. The number of halogens is 2. The Bertz CT molecular complexity index is 692. The van der Waals surface area contributed by atoms with E-state index in [1.165, 1.54) is 19.2 Å². The molecule has 6 nitrogen and oxygen atoms in total. The van der Waals surface area contributed by atoms with Crippen molar-refractivity contribution in [1.82, 2.24) is 4.31 Å². The van der Waals surface area contributed by atoms with E-state index in [1.54, 1.807) is 0 Å². The summed E-state index contributed by atoms with van der Waals surface area (Å²) in [7, 11) is -2.51. The van der Waals surface area contributed by atoms with Crippen LogP contribution in [-0.2, 0) is 14.8 Å². The van der Waals surface area contributed by atoms with E-state index in [0.29, 0.717) is 12.8 Å². The third kappa shape index (κ3) is 3.32. The molecule has 1 saturated heterocycles. The lowest BCUT2D eigenvalue weighted by Gasteiger charge is -2.30. The zero-order valence-electron chi connectivity index (χ0n) is 11.8. The van der Waals surface area contributed by atoms with Crippen LogP contribution in [0.5, 0.6) is 5.75 Å². The molecule has 1 aromatic carbocycles. The maximum Gasteiger partial charge on any atom is 0.307 e. The molecule has 122 valence electrons. The number of hydrogen-bond acceptors (Lipinski definition) is 4. The van der Waals surface area contributed by atoms with Gasteiger partial charge in [0.15, 0.2) is 0 Å². The highest BCUT2D eigenvalue weighted by Gasteiger charge is 2.34. The van der Waals surface area contributed by atoms with Gasteiger partial charge in [0.25, 0.3) is 0 Å². The first kappa shape index (κ1) is 17.3. The van der Waals surface area contributed by atoms with Crippen LogP contribution in [0.15, 0.2) is 17.0 Å². The summed E-state index contributed by atoms with van der Waals surface area (Å²) in [6.45, 7) is 0.184. The number of carbonyl (C=O) groups is 1. The Morgan fingerprint density at radius 3 is 2.64 bits per heavy atom. The molecule has 1 N–H and O–H groups in total. The van der Waals surface area contributed by atoms with E-state index in [4.69, 9.17) is 33.0 Å². The highest BCUT2D eigenvalue weighted by molar-refractivity contribution is 7.89. The van der Waals surface area contributed by atoms with Gasteiger partial charge in [0, 0.05) is 19.2 Å². The van der Waals surface area contributed by atoms with Gasteiger partial charge in [0.1, 0.15) is 10.6 Å². The lowest BCUT2D eigenvalue weighted by molar-refractivity contribution is -0.142. The molecule has 22 heavy (non-hydrogen) atoms. The van der Waals surface area contributed by atoms with Gasteiger partial charge in [-0.2, -0.15) is 4.31 Å². The third-order valence-electron chi connectivity index (χ3n) is 3.56. The number of ether oxygens (including phenoxy) is 1. The van der Waals surface area contributed by atoms with Crippen LogP contribution in [0.3, 0.4) is 0 Å². The average Bonchev–Trinajstić information content (AvgIpc) is 2.49. The first-order valence-corrected chi connectivity index (χ1v) is 8.73. The molecular formula is C13H15Cl2NO5S. The predicted octanol–water partition coefficient (Wildman–Crippen LogP) is 2.49. The molecule has 1 heterocycles. The van der Waals surface area contributed by atoms with Gasteiger partial charge < -0.3 is 9.84 Å². The maximum atomic E-state index is 12.7. The van der Waals surface area contributed by atoms with Crippen LogP contribution < -0.4 is 4.74 Å². The first-order chi connectivity index (χ1) is 10.3. The molecule has 1 aliphatic rings. The zero-order valence-corrected chi connectivity index (χ0v) is 14.1. The molecule has 0 aliphatic carbocycles. The quantitative estimate of drug-likeness (QED) is 0.883. The minimum absolute atomic E-state index is 0.0151. The SMILES string of the molecule is COc1cc(Cl)c(S(=O)(=O)N2CCCC(C(=O)O)C2)cc1Cl. The summed E-state index contributed by atoms with van der Waals surface area (Å²) in [4.78, 5) is 10.9. The first-order valence-electron chi connectivity index (χ1n) is 6.53. The van der Waals surface area contributed by atoms with Crippen molar-refractivity contribution in [2.24, 2.45) is 5.92 Å². The fourth-order valence-corrected chi connectivity index (χ4v) is 4.71. The van der Waals surface area contributed by atoms with E-state index < -0.39 is 21.9 Å². The van der Waals surface area contributed by atoms with Gasteiger partial charge in [-0.05, 0) is 18.9 Å². The predicted molar refractivity (Wildman–Crippen MR) is 82.1 cm³/mol. The smallest absolute Gasteiger partial charge is 0.307 e. The van der Waals surface area contributed by atoms with Gasteiger partial charge in [0.05, 0.1) is 23.1 Å². The topological polar surface area (TPSA) is 83.9 Å². The van der Waals surface area contributed by atoms with Gasteiger partial charge in [0.2, 0.25) is 10.0 Å². The summed E-state index contributed by atoms with van der Waals surface area (Å²) in [6, 6.07) is 2.55. The molecule has 1 aromatic rings.